The minimum atomic E-state index is -0.432. The number of amides is 1. The molecule has 0 N–H and O–H groups in total. The molecule has 33 heavy (non-hydrogen) atoms. The predicted octanol–water partition coefficient (Wildman–Crippen LogP) is 4.97. The molecule has 1 amide bonds. The number of aromatic nitrogens is 3. The molecule has 0 atom stereocenters. The van der Waals surface area contributed by atoms with Crippen molar-refractivity contribution >= 4 is 28.3 Å². The van der Waals surface area contributed by atoms with Crippen LogP contribution in [0.3, 0.4) is 0 Å². The third kappa shape index (κ3) is 6.44. The van der Waals surface area contributed by atoms with E-state index in [9.17, 15) is 14.0 Å². The number of ether oxygens (including phenoxy) is 1. The maximum absolute atomic E-state index is 13.1. The third-order valence-corrected chi connectivity index (χ3v) is 6.05. The number of esters is 1. The van der Waals surface area contributed by atoms with Gasteiger partial charge in [-0.1, -0.05) is 36.3 Å². The molecular formula is C23H27FN4O4S. The summed E-state index contributed by atoms with van der Waals surface area (Å²) in [5.74, 6) is -0.263. The number of unbranched alkanes of at least 4 members (excludes halogenated alkanes) is 2. The number of anilines is 1. The molecule has 0 aliphatic heterocycles. The Kier molecular flexibility index (Phi) is 8.65. The molecule has 2 aromatic heterocycles. The highest BCUT2D eigenvalue weighted by atomic mass is 32.1. The number of carbonyl (C=O) groups is 2. The molecule has 8 nitrogen and oxygen atoms in total. The van der Waals surface area contributed by atoms with E-state index in [0.29, 0.717) is 39.5 Å². The first kappa shape index (κ1) is 24.5. The van der Waals surface area contributed by atoms with Crippen LogP contribution < -0.4 is 4.90 Å². The number of nitrogens with zero attached hydrogens (tertiary/aromatic N) is 4. The SMILES string of the molecule is CCCCCN(C(=O)CCc1nc(-c2ccc(F)cc2)no1)c1nc(C)c(C(=O)OCC)s1. The average Bonchev–Trinajstić information content (AvgIpc) is 3.42. The zero-order valence-corrected chi connectivity index (χ0v) is 19.8. The average molecular weight is 475 g/mol. The fraction of sp³-hybridized carbons (Fsp3) is 0.435. The van der Waals surface area contributed by atoms with E-state index in [1.165, 1.54) is 12.1 Å². The molecule has 0 aliphatic rings. The number of hydrogen-bond donors (Lipinski definition) is 0. The summed E-state index contributed by atoms with van der Waals surface area (Å²) in [6.07, 6.45) is 3.21. The van der Waals surface area contributed by atoms with Crippen molar-refractivity contribution in [2.75, 3.05) is 18.1 Å². The topological polar surface area (TPSA) is 98.4 Å². The van der Waals surface area contributed by atoms with Crippen LogP contribution in [0, 0.1) is 12.7 Å². The number of benzene rings is 1. The molecule has 1 aromatic carbocycles. The summed E-state index contributed by atoms with van der Waals surface area (Å²) < 4.78 is 23.5. The second-order valence-corrected chi connectivity index (χ2v) is 8.38. The molecule has 2 heterocycles. The van der Waals surface area contributed by atoms with Crippen LogP contribution >= 0.6 is 11.3 Å². The molecule has 3 aromatic rings. The van der Waals surface area contributed by atoms with Crippen molar-refractivity contribution in [2.45, 2.75) is 52.9 Å². The van der Waals surface area contributed by atoms with Crippen molar-refractivity contribution in [3.05, 3.63) is 46.5 Å². The van der Waals surface area contributed by atoms with Gasteiger partial charge in [0.25, 0.3) is 0 Å². The zero-order chi connectivity index (χ0) is 23.8. The zero-order valence-electron chi connectivity index (χ0n) is 19.0. The fourth-order valence-electron chi connectivity index (χ4n) is 3.15. The first-order valence-corrected chi connectivity index (χ1v) is 11.8. The Labute approximate surface area is 195 Å². The Hall–Kier alpha value is -3.14. The van der Waals surface area contributed by atoms with Gasteiger partial charge < -0.3 is 9.26 Å². The molecule has 0 aliphatic carbocycles. The molecular weight excluding hydrogens is 447 g/mol. The van der Waals surface area contributed by atoms with Gasteiger partial charge in [-0.15, -0.1) is 0 Å². The number of thiazole rings is 1. The monoisotopic (exact) mass is 474 g/mol. The van der Waals surface area contributed by atoms with E-state index in [2.05, 4.69) is 22.0 Å². The van der Waals surface area contributed by atoms with Crippen molar-refractivity contribution in [1.82, 2.24) is 15.1 Å². The summed E-state index contributed by atoms with van der Waals surface area (Å²) in [7, 11) is 0. The molecule has 0 saturated heterocycles. The van der Waals surface area contributed by atoms with Crippen LogP contribution in [-0.2, 0) is 16.0 Å². The van der Waals surface area contributed by atoms with Crippen LogP contribution in [0.2, 0.25) is 0 Å². The number of halogens is 1. The molecule has 0 spiro atoms. The van der Waals surface area contributed by atoms with Gasteiger partial charge >= 0.3 is 5.97 Å². The largest absolute Gasteiger partial charge is 0.462 e. The fourth-order valence-corrected chi connectivity index (χ4v) is 4.16. The molecule has 0 radical (unpaired) electrons. The van der Waals surface area contributed by atoms with E-state index in [0.717, 1.165) is 30.6 Å². The van der Waals surface area contributed by atoms with Crippen LogP contribution in [0.5, 0.6) is 0 Å². The van der Waals surface area contributed by atoms with Crippen molar-refractivity contribution in [1.29, 1.82) is 0 Å². The van der Waals surface area contributed by atoms with Gasteiger partial charge in [-0.2, -0.15) is 4.98 Å². The lowest BCUT2D eigenvalue weighted by molar-refractivity contribution is -0.118. The second-order valence-electron chi connectivity index (χ2n) is 7.40. The Balaban J connectivity index is 1.70. The highest BCUT2D eigenvalue weighted by Gasteiger charge is 2.24. The maximum atomic E-state index is 13.1. The lowest BCUT2D eigenvalue weighted by Crippen LogP contribution is -2.32. The van der Waals surface area contributed by atoms with Gasteiger partial charge in [-0.05, 0) is 44.5 Å². The molecule has 0 saturated carbocycles. The predicted molar refractivity (Wildman–Crippen MR) is 123 cm³/mol. The van der Waals surface area contributed by atoms with Crippen molar-refractivity contribution in [3.8, 4) is 11.4 Å². The molecule has 3 rings (SSSR count). The first-order chi connectivity index (χ1) is 15.9. The van der Waals surface area contributed by atoms with Crippen LogP contribution in [0.4, 0.5) is 9.52 Å². The summed E-state index contributed by atoms with van der Waals surface area (Å²) >= 11 is 1.16. The quantitative estimate of drug-likeness (QED) is 0.286. The molecule has 0 fully saturated rings. The van der Waals surface area contributed by atoms with Gasteiger partial charge in [0.2, 0.25) is 17.6 Å². The van der Waals surface area contributed by atoms with E-state index in [1.807, 2.05) is 0 Å². The van der Waals surface area contributed by atoms with Crippen LogP contribution in [0.25, 0.3) is 11.4 Å². The van der Waals surface area contributed by atoms with Crippen molar-refractivity contribution < 1.29 is 23.2 Å². The Morgan fingerprint density at radius 3 is 2.61 bits per heavy atom. The van der Waals surface area contributed by atoms with Crippen molar-refractivity contribution in [3.63, 3.8) is 0 Å². The van der Waals surface area contributed by atoms with E-state index < -0.39 is 5.97 Å². The summed E-state index contributed by atoms with van der Waals surface area (Å²) in [6.45, 7) is 6.35. The summed E-state index contributed by atoms with van der Waals surface area (Å²) in [5, 5.41) is 4.40. The molecule has 0 unspecified atom stereocenters. The Morgan fingerprint density at radius 1 is 1.15 bits per heavy atom. The summed E-state index contributed by atoms with van der Waals surface area (Å²) in [5.41, 5.74) is 1.17. The van der Waals surface area contributed by atoms with Crippen LogP contribution in [-0.4, -0.2) is 40.2 Å². The minimum absolute atomic E-state index is 0.142. The normalized spacial score (nSPS) is 10.9. The lowest BCUT2D eigenvalue weighted by atomic mass is 10.2. The maximum Gasteiger partial charge on any atom is 0.350 e. The first-order valence-electron chi connectivity index (χ1n) is 11.0. The van der Waals surface area contributed by atoms with Gasteiger partial charge in [0, 0.05) is 24.9 Å². The highest BCUT2D eigenvalue weighted by Crippen LogP contribution is 2.28. The minimum Gasteiger partial charge on any atom is -0.462 e. The van der Waals surface area contributed by atoms with Crippen LogP contribution in [0.15, 0.2) is 28.8 Å². The summed E-state index contributed by atoms with van der Waals surface area (Å²) in [6, 6.07) is 5.78. The van der Waals surface area contributed by atoms with Gasteiger partial charge in [-0.25, -0.2) is 14.2 Å². The number of carbonyl (C=O) groups excluding carboxylic acids is 2. The van der Waals surface area contributed by atoms with E-state index in [-0.39, 0.29) is 31.2 Å². The third-order valence-electron chi connectivity index (χ3n) is 4.89. The summed E-state index contributed by atoms with van der Waals surface area (Å²) in [4.78, 5) is 36.1. The van der Waals surface area contributed by atoms with Gasteiger partial charge in [0.1, 0.15) is 10.7 Å². The molecule has 0 bridgehead atoms. The smallest absolute Gasteiger partial charge is 0.350 e. The van der Waals surface area contributed by atoms with Gasteiger partial charge in [-0.3, -0.25) is 9.69 Å². The van der Waals surface area contributed by atoms with E-state index in [4.69, 9.17) is 9.26 Å². The number of hydrogen-bond acceptors (Lipinski definition) is 8. The van der Waals surface area contributed by atoms with E-state index in [1.54, 1.807) is 30.9 Å². The standard InChI is InChI=1S/C23H27FN4O4S/c1-4-6-7-14-28(23-25-15(3)20(33-23)22(30)31-5-2)19(29)13-12-18-26-21(27-32-18)16-8-10-17(24)11-9-16/h8-11H,4-7,12-14H2,1-3H3. The highest BCUT2D eigenvalue weighted by molar-refractivity contribution is 7.17. The second kappa shape index (κ2) is 11.6. The Morgan fingerprint density at radius 2 is 1.91 bits per heavy atom. The lowest BCUT2D eigenvalue weighted by Gasteiger charge is -2.19. The van der Waals surface area contributed by atoms with Gasteiger partial charge in [0.15, 0.2) is 5.13 Å². The van der Waals surface area contributed by atoms with Crippen LogP contribution in [0.1, 0.15) is 60.8 Å². The number of aryl methyl sites for hydroxylation is 2. The molecule has 176 valence electrons. The van der Waals surface area contributed by atoms with E-state index >= 15 is 0 Å². The van der Waals surface area contributed by atoms with Crippen molar-refractivity contribution in [2.24, 2.45) is 0 Å². The molecule has 10 heteroatoms. The number of rotatable bonds is 11. The Bertz CT molecular complexity index is 1080. The van der Waals surface area contributed by atoms with Gasteiger partial charge in [0.05, 0.1) is 12.3 Å².